The van der Waals surface area contributed by atoms with Crippen LogP contribution in [0.1, 0.15) is 18.4 Å². The fourth-order valence-corrected chi connectivity index (χ4v) is 4.53. The van der Waals surface area contributed by atoms with Crippen molar-refractivity contribution < 1.29 is 13.3 Å². The first-order valence-corrected chi connectivity index (χ1v) is 8.23. The van der Waals surface area contributed by atoms with Crippen molar-refractivity contribution in [2.45, 2.75) is 30.7 Å². The largest absolute Gasteiger partial charge is 0.316 e. The highest BCUT2D eigenvalue weighted by Gasteiger charge is 2.35. The number of likely N-dealkylation sites (N-methyl/N-ethyl adjacent to an activating group) is 1. The normalized spacial score (nSPS) is 19.5. The molecule has 9 heteroatoms. The molecule has 22 heavy (non-hydrogen) atoms. The number of aryl methyl sites for hydroxylation is 1. The Bertz CT molecular complexity index is 651. The van der Waals surface area contributed by atoms with Crippen LogP contribution in [-0.2, 0) is 10.0 Å². The Kier molecular flexibility index (Phi) is 6.30. The number of nitro groups is 1. The molecule has 2 rings (SSSR count). The lowest BCUT2D eigenvalue weighted by Gasteiger charge is -2.31. The summed E-state index contributed by atoms with van der Waals surface area (Å²) in [6, 6.07) is 4.40. The number of halogens is 1. The molecule has 1 heterocycles. The Labute approximate surface area is 136 Å². The molecule has 1 unspecified atom stereocenters. The van der Waals surface area contributed by atoms with Gasteiger partial charge in [0, 0.05) is 25.2 Å². The monoisotopic (exact) mass is 349 g/mol. The summed E-state index contributed by atoms with van der Waals surface area (Å²) in [5, 5.41) is 14.2. The molecule has 0 aliphatic carbocycles. The van der Waals surface area contributed by atoms with Crippen molar-refractivity contribution in [3.8, 4) is 0 Å². The van der Waals surface area contributed by atoms with Crippen molar-refractivity contribution in [1.29, 1.82) is 0 Å². The third-order valence-corrected chi connectivity index (χ3v) is 5.84. The predicted octanol–water partition coefficient (Wildman–Crippen LogP) is 1.70. The van der Waals surface area contributed by atoms with E-state index in [0.717, 1.165) is 12.8 Å². The Morgan fingerprint density at radius 3 is 2.68 bits per heavy atom. The average Bonchev–Trinajstić information content (AvgIpc) is 2.46. The third kappa shape index (κ3) is 3.57. The second-order valence-corrected chi connectivity index (χ2v) is 7.05. The van der Waals surface area contributed by atoms with Gasteiger partial charge >= 0.3 is 0 Å². The molecule has 1 aromatic rings. The summed E-state index contributed by atoms with van der Waals surface area (Å²) in [4.78, 5) is 10.3. The Morgan fingerprint density at radius 1 is 1.41 bits per heavy atom. The number of nitrogens with one attached hydrogen (secondary N) is 1. The van der Waals surface area contributed by atoms with Crippen LogP contribution in [0.4, 0.5) is 5.69 Å². The summed E-state index contributed by atoms with van der Waals surface area (Å²) >= 11 is 0. The molecule has 0 radical (unpaired) electrons. The number of rotatable bonds is 4. The average molecular weight is 350 g/mol. The van der Waals surface area contributed by atoms with Gasteiger partial charge in [-0.15, -0.1) is 12.4 Å². The maximum atomic E-state index is 12.8. The number of hydrogen-bond acceptors (Lipinski definition) is 5. The maximum absolute atomic E-state index is 12.8. The van der Waals surface area contributed by atoms with E-state index in [1.807, 2.05) is 0 Å². The van der Waals surface area contributed by atoms with Crippen LogP contribution in [0, 0.1) is 17.0 Å². The second-order valence-electron chi connectivity index (χ2n) is 5.17. The molecular weight excluding hydrogens is 330 g/mol. The lowest BCUT2D eigenvalue weighted by atomic mass is 10.1. The van der Waals surface area contributed by atoms with Crippen LogP contribution in [0.2, 0.25) is 0 Å². The first-order valence-electron chi connectivity index (χ1n) is 6.79. The number of piperidine rings is 1. The van der Waals surface area contributed by atoms with E-state index in [-0.39, 0.29) is 29.0 Å². The number of hydrogen-bond donors (Lipinski definition) is 1. The molecule has 1 aromatic carbocycles. The minimum absolute atomic E-state index is 0. The molecule has 1 aliphatic rings. The van der Waals surface area contributed by atoms with Crippen molar-refractivity contribution in [2.75, 3.05) is 20.1 Å². The quantitative estimate of drug-likeness (QED) is 0.659. The van der Waals surface area contributed by atoms with Crippen LogP contribution in [0.3, 0.4) is 0 Å². The van der Waals surface area contributed by atoms with E-state index in [2.05, 4.69) is 5.32 Å². The summed E-state index contributed by atoms with van der Waals surface area (Å²) in [5.41, 5.74) is 0.0392. The molecule has 1 fully saturated rings. The molecule has 0 bridgehead atoms. The second kappa shape index (κ2) is 7.36. The lowest BCUT2D eigenvalue weighted by molar-refractivity contribution is -0.387. The summed E-state index contributed by atoms with van der Waals surface area (Å²) < 4.78 is 26.9. The molecular formula is C13H20ClN3O4S. The third-order valence-electron chi connectivity index (χ3n) is 3.78. The fourth-order valence-electron chi connectivity index (χ4n) is 2.64. The van der Waals surface area contributed by atoms with Crippen LogP contribution in [0.25, 0.3) is 0 Å². The summed E-state index contributed by atoms with van der Waals surface area (Å²) in [5.74, 6) is 0. The SMILES string of the molecule is CNC1CCCN(S(=O)(=O)c2c(C)cccc2[N+](=O)[O-])C1.Cl. The van der Waals surface area contributed by atoms with E-state index >= 15 is 0 Å². The Hall–Kier alpha value is -1.22. The topological polar surface area (TPSA) is 92.6 Å². The van der Waals surface area contributed by atoms with Crippen molar-refractivity contribution in [3.05, 3.63) is 33.9 Å². The molecule has 1 atom stereocenters. The highest BCUT2D eigenvalue weighted by Crippen LogP contribution is 2.31. The molecule has 1 saturated heterocycles. The standard InChI is InChI=1S/C13H19N3O4S.ClH/c1-10-5-3-7-12(16(17)18)13(10)21(19,20)15-8-4-6-11(9-15)14-2;/h3,5,7,11,14H,4,6,8-9H2,1-2H3;1H. The molecule has 7 nitrogen and oxygen atoms in total. The number of nitrogens with zero attached hydrogens (tertiary/aromatic N) is 2. The van der Waals surface area contributed by atoms with Gasteiger partial charge < -0.3 is 5.32 Å². The summed E-state index contributed by atoms with van der Waals surface area (Å²) in [6.07, 6.45) is 1.64. The van der Waals surface area contributed by atoms with E-state index < -0.39 is 14.9 Å². The van der Waals surface area contributed by atoms with E-state index in [1.54, 1.807) is 20.0 Å². The highest BCUT2D eigenvalue weighted by molar-refractivity contribution is 7.89. The van der Waals surface area contributed by atoms with Crippen molar-refractivity contribution >= 4 is 28.1 Å². The van der Waals surface area contributed by atoms with Gasteiger partial charge in [-0.05, 0) is 32.4 Å². The lowest BCUT2D eigenvalue weighted by Crippen LogP contribution is -2.47. The molecule has 0 aromatic heterocycles. The van der Waals surface area contributed by atoms with Gasteiger partial charge in [0.05, 0.1) is 4.92 Å². The maximum Gasteiger partial charge on any atom is 0.289 e. The number of nitro benzene ring substituents is 1. The van der Waals surface area contributed by atoms with E-state index in [0.29, 0.717) is 18.7 Å². The zero-order chi connectivity index (χ0) is 15.6. The van der Waals surface area contributed by atoms with Gasteiger partial charge in [-0.2, -0.15) is 4.31 Å². The molecule has 124 valence electrons. The van der Waals surface area contributed by atoms with Gasteiger partial charge in [-0.25, -0.2) is 8.42 Å². The van der Waals surface area contributed by atoms with Crippen molar-refractivity contribution in [3.63, 3.8) is 0 Å². The smallest absolute Gasteiger partial charge is 0.289 e. The Morgan fingerprint density at radius 2 is 2.09 bits per heavy atom. The van der Waals surface area contributed by atoms with E-state index in [4.69, 9.17) is 0 Å². The molecule has 0 saturated carbocycles. The number of sulfonamides is 1. The molecule has 0 amide bonds. The fraction of sp³-hybridized carbons (Fsp3) is 0.538. The van der Waals surface area contributed by atoms with Crippen LogP contribution in [0.15, 0.2) is 23.1 Å². The Balaban J connectivity index is 0.00000242. The zero-order valence-electron chi connectivity index (χ0n) is 12.5. The predicted molar refractivity (Wildman–Crippen MR) is 85.9 cm³/mol. The van der Waals surface area contributed by atoms with Gasteiger partial charge in [-0.3, -0.25) is 10.1 Å². The van der Waals surface area contributed by atoms with Crippen LogP contribution in [0.5, 0.6) is 0 Å². The van der Waals surface area contributed by atoms with Gasteiger partial charge in [-0.1, -0.05) is 12.1 Å². The first kappa shape index (κ1) is 18.8. The summed E-state index contributed by atoms with van der Waals surface area (Å²) in [7, 11) is -2.07. The van der Waals surface area contributed by atoms with E-state index in [1.165, 1.54) is 16.4 Å². The highest BCUT2D eigenvalue weighted by atomic mass is 35.5. The van der Waals surface area contributed by atoms with Gasteiger partial charge in [0.15, 0.2) is 4.90 Å². The van der Waals surface area contributed by atoms with Crippen molar-refractivity contribution in [2.24, 2.45) is 0 Å². The molecule has 0 spiro atoms. The van der Waals surface area contributed by atoms with Gasteiger partial charge in [0.1, 0.15) is 0 Å². The minimum Gasteiger partial charge on any atom is -0.316 e. The van der Waals surface area contributed by atoms with Gasteiger partial charge in [0.25, 0.3) is 5.69 Å². The first-order chi connectivity index (χ1) is 9.87. The zero-order valence-corrected chi connectivity index (χ0v) is 14.1. The van der Waals surface area contributed by atoms with E-state index in [9.17, 15) is 18.5 Å². The number of benzene rings is 1. The van der Waals surface area contributed by atoms with Gasteiger partial charge in [0.2, 0.25) is 10.0 Å². The van der Waals surface area contributed by atoms with Crippen molar-refractivity contribution in [1.82, 2.24) is 9.62 Å². The molecule has 1 N–H and O–H groups in total. The van der Waals surface area contributed by atoms with Crippen LogP contribution in [-0.4, -0.2) is 43.8 Å². The summed E-state index contributed by atoms with van der Waals surface area (Å²) in [6.45, 7) is 2.32. The van der Waals surface area contributed by atoms with Crippen LogP contribution < -0.4 is 5.32 Å². The van der Waals surface area contributed by atoms with Crippen LogP contribution >= 0.6 is 12.4 Å². The molecule has 1 aliphatic heterocycles. The minimum atomic E-state index is -3.86.